The van der Waals surface area contributed by atoms with Crippen molar-refractivity contribution in [1.29, 1.82) is 0 Å². The molecule has 0 aliphatic heterocycles. The maximum atomic E-state index is 4.77. The minimum Gasteiger partial charge on any atom is -0.274 e. The summed E-state index contributed by atoms with van der Waals surface area (Å²) in [4.78, 5) is 8.83. The second-order valence-corrected chi connectivity index (χ2v) is 6.01. The Labute approximate surface area is 145 Å². The van der Waals surface area contributed by atoms with Crippen LogP contribution in [0.25, 0.3) is 17.2 Å². The Balaban J connectivity index is 1.79. The zero-order valence-electron chi connectivity index (χ0n) is 14.2. The predicted octanol–water partition coefficient (Wildman–Crippen LogP) is 2.96. The molecule has 3 heterocycles. The van der Waals surface area contributed by atoms with Crippen LogP contribution in [0.4, 0.5) is 0 Å². The maximum Gasteiger partial charge on any atom is 0.177 e. The molecule has 1 aromatic carbocycles. The van der Waals surface area contributed by atoms with Gasteiger partial charge in [-0.1, -0.05) is 29.8 Å². The minimum atomic E-state index is 0.654. The van der Waals surface area contributed by atoms with Crippen molar-refractivity contribution < 1.29 is 0 Å². The number of pyridine rings is 1. The lowest BCUT2D eigenvalue weighted by atomic mass is 10.1. The third-order valence-corrected chi connectivity index (χ3v) is 3.99. The molecule has 0 aliphatic carbocycles. The summed E-state index contributed by atoms with van der Waals surface area (Å²) >= 11 is 0. The van der Waals surface area contributed by atoms with Crippen molar-refractivity contribution in [3.8, 4) is 17.2 Å². The highest BCUT2D eigenvalue weighted by Crippen LogP contribution is 2.21. The highest BCUT2D eigenvalue weighted by atomic mass is 15.4. The normalized spacial score (nSPS) is 11.0. The molecule has 0 radical (unpaired) electrons. The lowest BCUT2D eigenvalue weighted by Gasteiger charge is -2.03. The second kappa shape index (κ2) is 6.32. The summed E-state index contributed by atoms with van der Waals surface area (Å²) in [6.07, 6.45) is 6.12. The van der Waals surface area contributed by atoms with Crippen LogP contribution < -0.4 is 0 Å². The average molecular weight is 330 g/mol. The first-order valence-electron chi connectivity index (χ1n) is 8.11. The molecule has 6 nitrogen and oxygen atoms in total. The van der Waals surface area contributed by atoms with Gasteiger partial charge in [-0.15, -0.1) is 5.10 Å². The summed E-state index contributed by atoms with van der Waals surface area (Å²) in [5.41, 5.74) is 3.36. The van der Waals surface area contributed by atoms with Gasteiger partial charge >= 0.3 is 0 Å². The molecule has 0 saturated heterocycles. The Morgan fingerprint density at radius 3 is 2.36 bits per heavy atom. The first-order valence-corrected chi connectivity index (χ1v) is 8.11. The molecule has 0 unspecified atom stereocenters. The van der Waals surface area contributed by atoms with E-state index in [-0.39, 0.29) is 0 Å². The van der Waals surface area contributed by atoms with Gasteiger partial charge < -0.3 is 0 Å². The Morgan fingerprint density at radius 2 is 1.68 bits per heavy atom. The number of aryl methyl sites for hydroxylation is 2. The van der Waals surface area contributed by atoms with E-state index < -0.39 is 0 Å². The zero-order chi connectivity index (χ0) is 17.2. The van der Waals surface area contributed by atoms with Crippen LogP contribution in [0.3, 0.4) is 0 Å². The van der Waals surface area contributed by atoms with E-state index in [0.29, 0.717) is 6.42 Å². The van der Waals surface area contributed by atoms with Crippen LogP contribution >= 0.6 is 0 Å². The molecule has 124 valence electrons. The standard InChI is InChI=1S/C19H18N6/c1-14-3-5-16(6-4-14)19-21-17(13-15-7-10-20-11-8-15)22-25(19)18-9-12-24(2)23-18/h3-12H,13H2,1-2H3. The largest absolute Gasteiger partial charge is 0.274 e. The van der Waals surface area contributed by atoms with Gasteiger partial charge in [-0.2, -0.15) is 9.78 Å². The molecule has 25 heavy (non-hydrogen) atoms. The van der Waals surface area contributed by atoms with Crippen LogP contribution in [0.2, 0.25) is 0 Å². The van der Waals surface area contributed by atoms with Crippen molar-refractivity contribution in [3.63, 3.8) is 0 Å². The molecule has 4 rings (SSSR count). The molecule has 0 aliphatic rings. The van der Waals surface area contributed by atoms with Crippen LogP contribution in [-0.4, -0.2) is 29.5 Å². The predicted molar refractivity (Wildman–Crippen MR) is 95.3 cm³/mol. The van der Waals surface area contributed by atoms with E-state index in [1.54, 1.807) is 21.8 Å². The first-order chi connectivity index (χ1) is 12.2. The Kier molecular flexibility index (Phi) is 3.85. The lowest BCUT2D eigenvalue weighted by molar-refractivity contribution is 0.729. The van der Waals surface area contributed by atoms with Gasteiger partial charge in [-0.25, -0.2) is 4.98 Å². The molecule has 0 saturated carbocycles. The molecule has 0 N–H and O–H groups in total. The maximum absolute atomic E-state index is 4.77. The van der Waals surface area contributed by atoms with E-state index >= 15 is 0 Å². The van der Waals surface area contributed by atoms with Crippen molar-refractivity contribution in [2.24, 2.45) is 7.05 Å². The molecular weight excluding hydrogens is 312 g/mol. The van der Waals surface area contributed by atoms with E-state index in [1.807, 2.05) is 31.4 Å². The fourth-order valence-electron chi connectivity index (χ4n) is 2.68. The summed E-state index contributed by atoms with van der Waals surface area (Å²) < 4.78 is 3.57. The Morgan fingerprint density at radius 1 is 0.920 bits per heavy atom. The molecule has 4 aromatic rings. The highest BCUT2D eigenvalue weighted by molar-refractivity contribution is 5.57. The van der Waals surface area contributed by atoms with Crippen molar-refractivity contribution in [3.05, 3.63) is 78.0 Å². The molecule has 0 spiro atoms. The van der Waals surface area contributed by atoms with Gasteiger partial charge in [-0.05, 0) is 24.6 Å². The van der Waals surface area contributed by atoms with Gasteiger partial charge in [0.1, 0.15) is 0 Å². The van der Waals surface area contributed by atoms with Crippen molar-refractivity contribution in [1.82, 2.24) is 29.5 Å². The van der Waals surface area contributed by atoms with Crippen LogP contribution in [0.5, 0.6) is 0 Å². The summed E-state index contributed by atoms with van der Waals surface area (Å²) in [7, 11) is 1.89. The van der Waals surface area contributed by atoms with E-state index in [4.69, 9.17) is 10.1 Å². The molecule has 0 bridgehead atoms. The fraction of sp³-hybridized carbons (Fsp3) is 0.158. The first kappa shape index (κ1) is 15.3. The molecule has 0 fully saturated rings. The summed E-state index contributed by atoms with van der Waals surface area (Å²) in [6.45, 7) is 2.07. The summed E-state index contributed by atoms with van der Waals surface area (Å²) in [5, 5.41) is 9.17. The third-order valence-electron chi connectivity index (χ3n) is 3.99. The number of aromatic nitrogens is 6. The van der Waals surface area contributed by atoms with Gasteiger partial charge in [0.05, 0.1) is 0 Å². The smallest absolute Gasteiger partial charge is 0.177 e. The van der Waals surface area contributed by atoms with Crippen LogP contribution in [0.1, 0.15) is 17.0 Å². The molecular formula is C19H18N6. The topological polar surface area (TPSA) is 61.4 Å². The lowest BCUT2D eigenvalue weighted by Crippen LogP contribution is -2.02. The van der Waals surface area contributed by atoms with Crippen LogP contribution in [-0.2, 0) is 13.5 Å². The fourth-order valence-corrected chi connectivity index (χ4v) is 2.68. The summed E-state index contributed by atoms with van der Waals surface area (Å²) in [5.74, 6) is 2.31. The monoisotopic (exact) mass is 330 g/mol. The van der Waals surface area contributed by atoms with Crippen molar-refractivity contribution in [2.75, 3.05) is 0 Å². The Bertz CT molecular complexity index is 982. The SMILES string of the molecule is Cc1ccc(-c2nc(Cc3ccncc3)nn2-c2ccn(C)n2)cc1. The van der Waals surface area contributed by atoms with Crippen molar-refractivity contribution >= 4 is 0 Å². The average Bonchev–Trinajstić information content (AvgIpc) is 3.23. The molecule has 6 heteroatoms. The van der Waals surface area contributed by atoms with E-state index in [1.165, 1.54) is 5.56 Å². The molecule has 0 amide bonds. The number of hydrogen-bond acceptors (Lipinski definition) is 4. The number of rotatable bonds is 4. The van der Waals surface area contributed by atoms with Crippen LogP contribution in [0.15, 0.2) is 61.1 Å². The Hall–Kier alpha value is -3.28. The number of benzene rings is 1. The van der Waals surface area contributed by atoms with E-state index in [2.05, 4.69) is 41.3 Å². The van der Waals surface area contributed by atoms with Gasteiger partial charge in [-0.3, -0.25) is 9.67 Å². The second-order valence-electron chi connectivity index (χ2n) is 6.01. The number of hydrogen-bond donors (Lipinski definition) is 0. The van der Waals surface area contributed by atoms with E-state index in [0.717, 1.165) is 28.6 Å². The van der Waals surface area contributed by atoms with Crippen molar-refractivity contribution in [2.45, 2.75) is 13.3 Å². The van der Waals surface area contributed by atoms with Gasteiger partial charge in [0.25, 0.3) is 0 Å². The quantitative estimate of drug-likeness (QED) is 0.577. The van der Waals surface area contributed by atoms with Gasteiger partial charge in [0, 0.05) is 43.7 Å². The molecule has 3 aromatic heterocycles. The molecule has 0 atom stereocenters. The highest BCUT2D eigenvalue weighted by Gasteiger charge is 2.15. The van der Waals surface area contributed by atoms with Crippen LogP contribution in [0, 0.1) is 6.92 Å². The van der Waals surface area contributed by atoms with E-state index in [9.17, 15) is 0 Å². The zero-order valence-corrected chi connectivity index (χ0v) is 14.2. The third kappa shape index (κ3) is 3.19. The summed E-state index contributed by atoms with van der Waals surface area (Å²) in [6, 6.07) is 14.2. The van der Waals surface area contributed by atoms with Gasteiger partial charge in [0.2, 0.25) is 0 Å². The minimum absolute atomic E-state index is 0.654. The van der Waals surface area contributed by atoms with Gasteiger partial charge in [0.15, 0.2) is 17.5 Å². The number of nitrogens with zero attached hydrogens (tertiary/aromatic N) is 6.